The van der Waals surface area contributed by atoms with Gasteiger partial charge >= 0.3 is 0 Å². The molecule has 2 rings (SSSR count). The zero-order valence-electron chi connectivity index (χ0n) is 8.03. The van der Waals surface area contributed by atoms with Crippen LogP contribution in [-0.2, 0) is 0 Å². The molecule has 0 aromatic heterocycles. The summed E-state index contributed by atoms with van der Waals surface area (Å²) in [6.45, 7) is 0. The van der Waals surface area contributed by atoms with E-state index in [1.165, 1.54) is 0 Å². The van der Waals surface area contributed by atoms with Crippen LogP contribution in [0, 0.1) is 0 Å². The molecule has 2 aromatic carbocycles. The maximum atomic E-state index is 6.38. The van der Waals surface area contributed by atoms with E-state index < -0.39 is 0 Å². The van der Waals surface area contributed by atoms with Crippen molar-refractivity contribution in [2.75, 3.05) is 0 Å². The molecule has 0 nitrogen and oxygen atoms in total. The van der Waals surface area contributed by atoms with E-state index in [0.29, 0.717) is 0 Å². The van der Waals surface area contributed by atoms with Crippen molar-refractivity contribution in [3.63, 3.8) is 0 Å². The number of alkyl halides is 1. The molecule has 15 heavy (non-hydrogen) atoms. The largest absolute Gasteiger partial charge is 0.113 e. The summed E-state index contributed by atoms with van der Waals surface area (Å²) in [5.41, 5.74) is 2.23. The molecule has 1 atom stereocenters. The molecule has 0 heterocycles. The van der Waals surface area contributed by atoms with Crippen LogP contribution in [0.3, 0.4) is 0 Å². The number of halogens is 2. The van der Waals surface area contributed by atoms with Gasteiger partial charge in [0.05, 0.1) is 5.38 Å². The van der Waals surface area contributed by atoms with E-state index in [0.717, 1.165) is 15.6 Å². The number of hydrogen-bond acceptors (Lipinski definition) is 0. The fourth-order valence-electron chi connectivity index (χ4n) is 1.48. The van der Waals surface area contributed by atoms with Crippen LogP contribution in [0.25, 0.3) is 0 Å². The fourth-order valence-corrected chi connectivity index (χ4v) is 2.18. The zero-order valence-corrected chi connectivity index (χ0v) is 10.4. The Balaban J connectivity index is 2.32. The summed E-state index contributed by atoms with van der Waals surface area (Å²) in [6.07, 6.45) is 0. The van der Waals surface area contributed by atoms with Gasteiger partial charge in [0.25, 0.3) is 0 Å². The molecule has 0 N–H and O–H groups in total. The van der Waals surface area contributed by atoms with Crippen LogP contribution in [0.2, 0.25) is 0 Å². The average Bonchev–Trinajstić information content (AvgIpc) is 2.29. The molecule has 0 aliphatic rings. The van der Waals surface area contributed by atoms with E-state index in [1.54, 1.807) is 0 Å². The first-order valence-electron chi connectivity index (χ1n) is 4.72. The van der Waals surface area contributed by atoms with Gasteiger partial charge in [0.1, 0.15) is 0 Å². The van der Waals surface area contributed by atoms with Gasteiger partial charge in [-0.25, -0.2) is 0 Å². The van der Waals surface area contributed by atoms with Gasteiger partial charge < -0.3 is 0 Å². The first kappa shape index (κ1) is 10.7. The van der Waals surface area contributed by atoms with Crippen LogP contribution in [0.1, 0.15) is 16.5 Å². The topological polar surface area (TPSA) is 0 Å². The molecule has 2 aromatic rings. The molecule has 0 bridgehead atoms. The van der Waals surface area contributed by atoms with E-state index in [1.807, 2.05) is 54.6 Å². The lowest BCUT2D eigenvalue weighted by atomic mass is 10.0. The van der Waals surface area contributed by atoms with Gasteiger partial charge in [-0.1, -0.05) is 58.4 Å². The summed E-state index contributed by atoms with van der Waals surface area (Å²) >= 11 is 9.83. The van der Waals surface area contributed by atoms with Gasteiger partial charge in [0, 0.05) is 4.47 Å². The molecule has 0 spiro atoms. The molecule has 0 saturated carbocycles. The molecule has 76 valence electrons. The van der Waals surface area contributed by atoms with Crippen molar-refractivity contribution in [1.82, 2.24) is 0 Å². The van der Waals surface area contributed by atoms with Crippen molar-refractivity contribution < 1.29 is 0 Å². The van der Waals surface area contributed by atoms with Crippen molar-refractivity contribution in [2.24, 2.45) is 0 Å². The molecule has 0 aliphatic carbocycles. The standard InChI is InChI=1S/C13H10BrCl/c14-12-8-4-7-11(9-12)13(15)10-5-2-1-3-6-10/h1-9,13H/t13-/m1/s1. The van der Waals surface area contributed by atoms with Crippen LogP contribution in [-0.4, -0.2) is 0 Å². The number of rotatable bonds is 2. The minimum Gasteiger partial charge on any atom is -0.113 e. The second kappa shape index (κ2) is 4.82. The van der Waals surface area contributed by atoms with Crippen LogP contribution < -0.4 is 0 Å². The van der Waals surface area contributed by atoms with Crippen molar-refractivity contribution >= 4 is 27.5 Å². The highest BCUT2D eigenvalue weighted by atomic mass is 79.9. The molecule has 0 unspecified atom stereocenters. The summed E-state index contributed by atoms with van der Waals surface area (Å²) in [5.74, 6) is 0. The third kappa shape index (κ3) is 2.61. The molecule has 0 radical (unpaired) electrons. The SMILES string of the molecule is Cl[C@H](c1ccccc1)c1cccc(Br)c1. The highest BCUT2D eigenvalue weighted by Crippen LogP contribution is 2.29. The highest BCUT2D eigenvalue weighted by Gasteiger charge is 2.09. The Bertz CT molecular complexity index is 439. The average molecular weight is 282 g/mol. The Kier molecular flexibility index (Phi) is 3.45. The van der Waals surface area contributed by atoms with Crippen molar-refractivity contribution in [1.29, 1.82) is 0 Å². The van der Waals surface area contributed by atoms with E-state index in [2.05, 4.69) is 15.9 Å². The smallest absolute Gasteiger partial charge is 0.0835 e. The minimum absolute atomic E-state index is 0.0799. The van der Waals surface area contributed by atoms with Gasteiger partial charge in [0.15, 0.2) is 0 Å². The lowest BCUT2D eigenvalue weighted by molar-refractivity contribution is 1.14. The van der Waals surface area contributed by atoms with Crippen LogP contribution in [0.15, 0.2) is 59.1 Å². The fraction of sp³-hybridized carbons (Fsp3) is 0.0769. The first-order chi connectivity index (χ1) is 7.27. The second-order valence-corrected chi connectivity index (χ2v) is 4.68. The normalized spacial score (nSPS) is 12.4. The Morgan fingerprint density at radius 3 is 2.20 bits per heavy atom. The maximum Gasteiger partial charge on any atom is 0.0835 e. The third-order valence-corrected chi connectivity index (χ3v) is 3.23. The highest BCUT2D eigenvalue weighted by molar-refractivity contribution is 9.10. The molecule has 0 aliphatic heterocycles. The predicted octanol–water partition coefficient (Wildman–Crippen LogP) is 4.78. The lowest BCUT2D eigenvalue weighted by Crippen LogP contribution is -1.92. The molecular weight excluding hydrogens is 271 g/mol. The van der Waals surface area contributed by atoms with Crippen molar-refractivity contribution in [3.05, 3.63) is 70.2 Å². The minimum atomic E-state index is -0.0799. The summed E-state index contributed by atoms with van der Waals surface area (Å²) < 4.78 is 1.06. The second-order valence-electron chi connectivity index (χ2n) is 3.33. The summed E-state index contributed by atoms with van der Waals surface area (Å²) in [7, 11) is 0. The van der Waals surface area contributed by atoms with E-state index >= 15 is 0 Å². The van der Waals surface area contributed by atoms with E-state index in [9.17, 15) is 0 Å². The van der Waals surface area contributed by atoms with Crippen molar-refractivity contribution in [2.45, 2.75) is 5.38 Å². The maximum absolute atomic E-state index is 6.38. The first-order valence-corrected chi connectivity index (χ1v) is 5.95. The van der Waals surface area contributed by atoms with Crippen LogP contribution in [0.4, 0.5) is 0 Å². The number of hydrogen-bond donors (Lipinski definition) is 0. The summed E-state index contributed by atoms with van der Waals surface area (Å²) in [5, 5.41) is -0.0799. The Morgan fingerprint density at radius 2 is 1.53 bits per heavy atom. The predicted molar refractivity (Wildman–Crippen MR) is 68.3 cm³/mol. The van der Waals surface area contributed by atoms with Crippen LogP contribution in [0.5, 0.6) is 0 Å². The lowest BCUT2D eigenvalue weighted by Gasteiger charge is -2.10. The van der Waals surface area contributed by atoms with Crippen LogP contribution >= 0.6 is 27.5 Å². The quantitative estimate of drug-likeness (QED) is 0.695. The summed E-state index contributed by atoms with van der Waals surface area (Å²) in [4.78, 5) is 0. The van der Waals surface area contributed by atoms with Gasteiger partial charge in [-0.05, 0) is 23.3 Å². The monoisotopic (exact) mass is 280 g/mol. The van der Waals surface area contributed by atoms with E-state index in [-0.39, 0.29) is 5.38 Å². The number of benzene rings is 2. The van der Waals surface area contributed by atoms with Gasteiger partial charge in [0.2, 0.25) is 0 Å². The molecule has 0 saturated heterocycles. The Hall–Kier alpha value is -0.790. The Morgan fingerprint density at radius 1 is 0.867 bits per heavy atom. The Labute approximate surface area is 103 Å². The van der Waals surface area contributed by atoms with Crippen molar-refractivity contribution in [3.8, 4) is 0 Å². The molecule has 0 fully saturated rings. The zero-order chi connectivity index (χ0) is 10.7. The molecule has 2 heteroatoms. The summed E-state index contributed by atoms with van der Waals surface area (Å²) in [6, 6.07) is 18.2. The van der Waals surface area contributed by atoms with Gasteiger partial charge in [-0.2, -0.15) is 0 Å². The van der Waals surface area contributed by atoms with Gasteiger partial charge in [-0.15, -0.1) is 11.6 Å². The molecule has 0 amide bonds. The molecular formula is C13H10BrCl. The van der Waals surface area contributed by atoms with Gasteiger partial charge in [-0.3, -0.25) is 0 Å². The third-order valence-electron chi connectivity index (χ3n) is 2.23. The van der Waals surface area contributed by atoms with E-state index in [4.69, 9.17) is 11.6 Å².